The van der Waals surface area contributed by atoms with Crippen LogP contribution in [-0.4, -0.2) is 114 Å². The van der Waals surface area contributed by atoms with Crippen molar-refractivity contribution in [2.75, 3.05) is 45.8 Å². The Bertz CT molecular complexity index is 1790. The number of nitrogens with zero attached hydrogens (tertiary/aromatic N) is 3. The van der Waals surface area contributed by atoms with Crippen LogP contribution in [0.15, 0.2) is 60.7 Å². The van der Waals surface area contributed by atoms with Gasteiger partial charge in [-0.25, -0.2) is 9.59 Å². The quantitative estimate of drug-likeness (QED) is 0.120. The molecule has 14 nitrogen and oxygen atoms in total. The number of hydrogen-bond donors (Lipinski definition) is 2. The zero-order valence-corrected chi connectivity index (χ0v) is 39.8. The van der Waals surface area contributed by atoms with E-state index in [4.69, 9.17) is 14.2 Å². The van der Waals surface area contributed by atoms with E-state index in [1.165, 1.54) is 5.56 Å². The fourth-order valence-electron chi connectivity index (χ4n) is 8.99. The molecule has 0 saturated carbocycles. The van der Waals surface area contributed by atoms with Gasteiger partial charge in [-0.3, -0.25) is 19.2 Å². The average molecular weight is 902 g/mol. The van der Waals surface area contributed by atoms with Gasteiger partial charge in [0.25, 0.3) is 0 Å². The van der Waals surface area contributed by atoms with Gasteiger partial charge < -0.3 is 39.5 Å². The lowest BCUT2D eigenvalue weighted by Crippen LogP contribution is -2.53. The van der Waals surface area contributed by atoms with Gasteiger partial charge in [0.05, 0.1) is 13.0 Å². The van der Waals surface area contributed by atoms with E-state index >= 15 is 0 Å². The number of rotatable bonds is 17. The average Bonchev–Trinajstić information content (AvgIpc) is 3.27. The molecule has 358 valence electrons. The Morgan fingerprint density at radius 1 is 0.615 bits per heavy atom. The van der Waals surface area contributed by atoms with E-state index in [0.717, 1.165) is 63.4 Å². The standard InChI is InChI=1S/C51H75N5O9/c1-50(2,3)64-48(61)55-29-21-37(22-30-55)17-19-42(20-18-38-23-31-56(32-24-38)49(62)65-51(4,5)6)46(59)52-35-44(57)53-43(34-45(58)63-36-41-15-11-8-12-16-41)47(60)54-27-25-40(26-28-54)33-39-13-9-7-10-14-39/h7-16,37-38,40,42-43H,17-36H2,1-6H3,(H,52,59)(H,53,57)/t43-/m0/s1. The first-order chi connectivity index (χ1) is 30.9. The molecule has 3 fully saturated rings. The molecule has 3 heterocycles. The second-order valence-electron chi connectivity index (χ2n) is 20.3. The number of ether oxygens (including phenoxy) is 3. The van der Waals surface area contributed by atoms with Crippen molar-refractivity contribution in [3.8, 4) is 0 Å². The predicted octanol–water partition coefficient (Wildman–Crippen LogP) is 7.67. The number of piperidine rings is 3. The van der Waals surface area contributed by atoms with Crippen molar-refractivity contribution in [3.05, 3.63) is 71.8 Å². The van der Waals surface area contributed by atoms with Crippen LogP contribution < -0.4 is 10.6 Å². The van der Waals surface area contributed by atoms with Crippen LogP contribution in [0.25, 0.3) is 0 Å². The summed E-state index contributed by atoms with van der Waals surface area (Å²) in [6, 6.07) is 18.4. The molecule has 2 N–H and O–H groups in total. The fraction of sp³-hybridized carbons (Fsp3) is 0.647. The van der Waals surface area contributed by atoms with E-state index in [2.05, 4.69) is 22.8 Å². The van der Waals surface area contributed by atoms with E-state index in [9.17, 15) is 28.8 Å². The minimum atomic E-state index is -1.15. The first-order valence-corrected chi connectivity index (χ1v) is 24.0. The summed E-state index contributed by atoms with van der Waals surface area (Å²) < 4.78 is 16.7. The molecule has 0 radical (unpaired) electrons. The van der Waals surface area contributed by atoms with Crippen molar-refractivity contribution in [3.63, 3.8) is 0 Å². The van der Waals surface area contributed by atoms with Crippen LogP contribution in [0.2, 0.25) is 0 Å². The van der Waals surface area contributed by atoms with Crippen LogP contribution in [0.4, 0.5) is 9.59 Å². The zero-order chi connectivity index (χ0) is 47.0. The number of carbonyl (C=O) groups is 6. The molecule has 2 aromatic rings. The maximum Gasteiger partial charge on any atom is 0.410 e. The van der Waals surface area contributed by atoms with Gasteiger partial charge in [-0.1, -0.05) is 60.7 Å². The SMILES string of the molecule is CC(C)(C)OC(=O)N1CCC(CCC(CCC2CCN(C(=O)OC(C)(C)C)CC2)C(=O)NCC(=O)N[C@@H](CC(=O)OCc2ccccc2)C(=O)N2CCC(Cc3ccccc3)CC2)CC1. The van der Waals surface area contributed by atoms with Gasteiger partial charge in [0.1, 0.15) is 23.9 Å². The molecular formula is C51H75N5O9. The highest BCUT2D eigenvalue weighted by Gasteiger charge is 2.34. The number of likely N-dealkylation sites (tertiary alicyclic amines) is 3. The van der Waals surface area contributed by atoms with Crippen molar-refractivity contribution in [2.24, 2.45) is 23.7 Å². The van der Waals surface area contributed by atoms with E-state index in [1.54, 1.807) is 14.7 Å². The highest BCUT2D eigenvalue weighted by Crippen LogP contribution is 2.30. The summed E-state index contributed by atoms with van der Waals surface area (Å²) in [4.78, 5) is 85.4. The molecule has 5 rings (SSSR count). The van der Waals surface area contributed by atoms with Crippen molar-refractivity contribution >= 4 is 35.9 Å². The third kappa shape index (κ3) is 18.0. The van der Waals surface area contributed by atoms with Gasteiger partial charge in [0.15, 0.2) is 0 Å². The van der Waals surface area contributed by atoms with Crippen molar-refractivity contribution in [1.82, 2.24) is 25.3 Å². The Morgan fingerprint density at radius 2 is 1.06 bits per heavy atom. The number of esters is 1. The maximum absolute atomic E-state index is 14.0. The van der Waals surface area contributed by atoms with Crippen molar-refractivity contribution < 1.29 is 43.0 Å². The Kier molecular flexibility index (Phi) is 19.1. The summed E-state index contributed by atoms with van der Waals surface area (Å²) in [7, 11) is 0. The number of hydrogen-bond acceptors (Lipinski definition) is 9. The normalized spacial score (nSPS) is 17.3. The molecule has 65 heavy (non-hydrogen) atoms. The van der Waals surface area contributed by atoms with Gasteiger partial charge >= 0.3 is 18.2 Å². The molecular weight excluding hydrogens is 827 g/mol. The molecule has 3 saturated heterocycles. The smallest absolute Gasteiger partial charge is 0.410 e. The van der Waals surface area contributed by atoms with E-state index < -0.39 is 29.1 Å². The first kappa shape index (κ1) is 50.9. The van der Waals surface area contributed by atoms with E-state index in [0.29, 0.717) is 69.9 Å². The highest BCUT2D eigenvalue weighted by molar-refractivity contribution is 5.92. The molecule has 2 aromatic carbocycles. The lowest BCUT2D eigenvalue weighted by molar-refractivity contribution is -0.149. The second kappa shape index (κ2) is 24.4. The van der Waals surface area contributed by atoms with Crippen LogP contribution in [0.5, 0.6) is 0 Å². The fourth-order valence-corrected chi connectivity index (χ4v) is 8.99. The molecule has 5 amide bonds. The van der Waals surface area contributed by atoms with Gasteiger partial charge in [0.2, 0.25) is 17.7 Å². The van der Waals surface area contributed by atoms with Crippen LogP contribution >= 0.6 is 0 Å². The predicted molar refractivity (Wildman–Crippen MR) is 248 cm³/mol. The van der Waals surface area contributed by atoms with Gasteiger partial charge in [-0.2, -0.15) is 0 Å². The summed E-state index contributed by atoms with van der Waals surface area (Å²) in [6.45, 7) is 14.3. The third-order valence-corrected chi connectivity index (χ3v) is 12.7. The number of amides is 5. The molecule has 0 aliphatic carbocycles. The summed E-state index contributed by atoms with van der Waals surface area (Å²) >= 11 is 0. The molecule has 3 aliphatic heterocycles. The number of nitrogens with one attached hydrogen (secondary N) is 2. The summed E-state index contributed by atoms with van der Waals surface area (Å²) in [6.07, 6.45) is 7.69. The Balaban J connectivity index is 1.17. The number of benzene rings is 2. The maximum atomic E-state index is 14.0. The van der Waals surface area contributed by atoms with Crippen molar-refractivity contribution in [2.45, 2.75) is 142 Å². The molecule has 0 spiro atoms. The molecule has 1 atom stereocenters. The van der Waals surface area contributed by atoms with Gasteiger partial charge in [-0.05, 0) is 141 Å². The van der Waals surface area contributed by atoms with Gasteiger partial charge in [0, 0.05) is 45.2 Å². The molecule has 0 unspecified atom stereocenters. The Morgan fingerprint density at radius 3 is 1.54 bits per heavy atom. The molecule has 3 aliphatic rings. The Labute approximate surface area is 386 Å². The van der Waals surface area contributed by atoms with Crippen LogP contribution in [0.3, 0.4) is 0 Å². The third-order valence-electron chi connectivity index (χ3n) is 12.7. The lowest BCUT2D eigenvalue weighted by atomic mass is 9.84. The largest absolute Gasteiger partial charge is 0.461 e. The van der Waals surface area contributed by atoms with Crippen LogP contribution in [-0.2, 0) is 46.4 Å². The molecule has 0 bridgehead atoms. The summed E-state index contributed by atoms with van der Waals surface area (Å²) in [5, 5.41) is 5.65. The van der Waals surface area contributed by atoms with Crippen molar-refractivity contribution in [1.29, 1.82) is 0 Å². The Hall–Kier alpha value is -5.14. The number of carbonyl (C=O) groups excluding carboxylic acids is 6. The minimum absolute atomic E-state index is 0.0442. The van der Waals surface area contributed by atoms with E-state index in [1.807, 2.05) is 90.1 Å². The second-order valence-corrected chi connectivity index (χ2v) is 20.3. The molecule has 0 aromatic heterocycles. The lowest BCUT2D eigenvalue weighted by Gasteiger charge is -2.34. The monoisotopic (exact) mass is 902 g/mol. The van der Waals surface area contributed by atoms with E-state index in [-0.39, 0.29) is 49.5 Å². The highest BCUT2D eigenvalue weighted by atomic mass is 16.6. The topological polar surface area (TPSA) is 164 Å². The molecule has 14 heteroatoms. The zero-order valence-electron chi connectivity index (χ0n) is 39.8. The van der Waals surface area contributed by atoms with Crippen LogP contribution in [0, 0.1) is 23.7 Å². The summed E-state index contributed by atoms with van der Waals surface area (Å²) in [5.74, 6) is -1.02. The van der Waals surface area contributed by atoms with Gasteiger partial charge in [-0.15, -0.1) is 0 Å². The van der Waals surface area contributed by atoms with Crippen LogP contribution in [0.1, 0.15) is 123 Å². The first-order valence-electron chi connectivity index (χ1n) is 24.0. The summed E-state index contributed by atoms with van der Waals surface area (Å²) in [5.41, 5.74) is 0.933. The minimum Gasteiger partial charge on any atom is -0.461 e.